The monoisotopic (exact) mass is 260 g/mol. The van der Waals surface area contributed by atoms with Crippen LogP contribution in [0, 0.1) is 0 Å². The van der Waals surface area contributed by atoms with Crippen LogP contribution in [0.3, 0.4) is 0 Å². The number of carbonyl (C=O) groups is 1. The molecule has 0 spiro atoms. The summed E-state index contributed by atoms with van der Waals surface area (Å²) in [6.45, 7) is 7.05. The molecule has 0 amide bonds. The number of carbonyl (C=O) groups excluding carboxylic acids is 1. The van der Waals surface area contributed by atoms with E-state index in [1.54, 1.807) is 20.1 Å². The maximum absolute atomic E-state index is 11.0. The predicted octanol–water partition coefficient (Wildman–Crippen LogP) is 2.64. The van der Waals surface area contributed by atoms with Crippen molar-refractivity contribution in [2.24, 2.45) is 0 Å². The zero-order valence-electron chi connectivity index (χ0n) is 11.3. The fourth-order valence-corrected chi connectivity index (χ4v) is 3.19. The van der Waals surface area contributed by atoms with Crippen molar-refractivity contribution in [3.05, 3.63) is 12.2 Å². The van der Waals surface area contributed by atoms with E-state index in [4.69, 9.17) is 13.6 Å². The first-order valence-corrected chi connectivity index (χ1v) is 8.59. The second kappa shape index (κ2) is 9.38. The van der Waals surface area contributed by atoms with Crippen molar-refractivity contribution >= 4 is 14.5 Å². The molecule has 0 aromatic carbocycles. The minimum atomic E-state index is -2.04. The van der Waals surface area contributed by atoms with Crippen LogP contribution in [0.15, 0.2) is 12.2 Å². The van der Waals surface area contributed by atoms with Crippen molar-refractivity contribution in [3.63, 3.8) is 0 Å². The minimum Gasteiger partial charge on any atom is -0.463 e. The highest BCUT2D eigenvalue weighted by Gasteiger charge is 2.29. The Morgan fingerprint density at radius 1 is 1.35 bits per heavy atom. The van der Waals surface area contributed by atoms with Crippen LogP contribution in [0.4, 0.5) is 0 Å². The summed E-state index contributed by atoms with van der Waals surface area (Å²) in [7, 11) is -0.356. The van der Waals surface area contributed by atoms with Crippen LogP contribution in [-0.4, -0.2) is 34.9 Å². The molecule has 0 saturated carbocycles. The van der Waals surface area contributed by atoms with Gasteiger partial charge in [0.25, 0.3) is 0 Å². The summed E-state index contributed by atoms with van der Waals surface area (Å²) < 4.78 is 16.2. The molecule has 0 aliphatic heterocycles. The Hall–Kier alpha value is -0.653. The molecule has 0 heterocycles. The molecule has 0 aromatic heterocycles. The normalized spacial score (nSPS) is 14.8. The molecule has 0 aliphatic carbocycles. The van der Waals surface area contributed by atoms with E-state index in [2.05, 4.69) is 6.92 Å². The third-order valence-electron chi connectivity index (χ3n) is 2.37. The van der Waals surface area contributed by atoms with Gasteiger partial charge in [-0.05, 0) is 32.4 Å². The third-order valence-corrected chi connectivity index (χ3v) is 5.31. The summed E-state index contributed by atoms with van der Waals surface area (Å²) in [6, 6.07) is 0.840. The molecule has 1 atom stereocenters. The number of rotatable bonds is 9. The van der Waals surface area contributed by atoms with Gasteiger partial charge in [-0.1, -0.05) is 13.0 Å². The standard InChI is InChI=1S/C12H24O4Si/c1-5-8-12(13)15-10-7-11-17(4,14-3)16-9-6-2/h5,8H,6-7,9-11H2,1-4H3. The lowest BCUT2D eigenvalue weighted by Gasteiger charge is -2.24. The van der Waals surface area contributed by atoms with Crippen LogP contribution >= 0.6 is 0 Å². The molecular formula is C12H24O4Si. The lowest BCUT2D eigenvalue weighted by Crippen LogP contribution is -2.37. The van der Waals surface area contributed by atoms with Crippen LogP contribution in [0.1, 0.15) is 26.7 Å². The van der Waals surface area contributed by atoms with Gasteiger partial charge in [0.05, 0.1) is 6.61 Å². The largest absolute Gasteiger partial charge is 0.463 e. The Kier molecular flexibility index (Phi) is 9.02. The van der Waals surface area contributed by atoms with Crippen molar-refractivity contribution in [2.75, 3.05) is 20.3 Å². The summed E-state index contributed by atoms with van der Waals surface area (Å²) in [5.74, 6) is -0.289. The van der Waals surface area contributed by atoms with Crippen molar-refractivity contribution in [1.82, 2.24) is 0 Å². The molecule has 0 fully saturated rings. The second-order valence-electron chi connectivity index (χ2n) is 3.96. The van der Waals surface area contributed by atoms with Gasteiger partial charge in [0.2, 0.25) is 0 Å². The number of esters is 1. The highest BCUT2D eigenvalue weighted by molar-refractivity contribution is 6.65. The van der Waals surface area contributed by atoms with Crippen LogP contribution in [0.2, 0.25) is 12.6 Å². The molecule has 0 rings (SSSR count). The van der Waals surface area contributed by atoms with Crippen LogP contribution in [0.25, 0.3) is 0 Å². The zero-order valence-corrected chi connectivity index (χ0v) is 12.3. The zero-order chi connectivity index (χ0) is 13.1. The molecule has 0 saturated heterocycles. The molecular weight excluding hydrogens is 236 g/mol. The molecule has 0 radical (unpaired) electrons. The summed E-state index contributed by atoms with van der Waals surface area (Å²) >= 11 is 0. The first-order chi connectivity index (χ1) is 8.08. The van der Waals surface area contributed by atoms with Gasteiger partial charge in [0.1, 0.15) is 0 Å². The van der Waals surface area contributed by atoms with Gasteiger partial charge in [-0.25, -0.2) is 4.79 Å². The molecule has 0 aromatic rings. The molecule has 0 N–H and O–H groups in total. The molecule has 1 unspecified atom stereocenters. The average Bonchev–Trinajstić information content (AvgIpc) is 2.32. The van der Waals surface area contributed by atoms with Gasteiger partial charge >= 0.3 is 14.5 Å². The second-order valence-corrected chi connectivity index (χ2v) is 7.42. The topological polar surface area (TPSA) is 44.8 Å². The molecule has 100 valence electrons. The quantitative estimate of drug-likeness (QED) is 0.277. The van der Waals surface area contributed by atoms with Crippen molar-refractivity contribution in [1.29, 1.82) is 0 Å². The summed E-state index contributed by atoms with van der Waals surface area (Å²) in [6.07, 6.45) is 4.85. The highest BCUT2D eigenvalue weighted by atomic mass is 28.4. The van der Waals surface area contributed by atoms with Gasteiger partial charge in [-0.2, -0.15) is 0 Å². The van der Waals surface area contributed by atoms with E-state index in [9.17, 15) is 4.79 Å². The summed E-state index contributed by atoms with van der Waals surface area (Å²) in [5, 5.41) is 0. The average molecular weight is 260 g/mol. The Morgan fingerprint density at radius 3 is 2.59 bits per heavy atom. The lowest BCUT2D eigenvalue weighted by atomic mass is 10.5. The molecule has 17 heavy (non-hydrogen) atoms. The van der Waals surface area contributed by atoms with Gasteiger partial charge < -0.3 is 13.6 Å². The third kappa shape index (κ3) is 8.12. The van der Waals surface area contributed by atoms with E-state index in [1.807, 2.05) is 6.55 Å². The van der Waals surface area contributed by atoms with Crippen LogP contribution in [-0.2, 0) is 18.4 Å². The van der Waals surface area contributed by atoms with E-state index in [0.717, 1.165) is 25.5 Å². The summed E-state index contributed by atoms with van der Waals surface area (Å²) in [4.78, 5) is 11.0. The van der Waals surface area contributed by atoms with Crippen LogP contribution in [0.5, 0.6) is 0 Å². The number of hydrogen-bond donors (Lipinski definition) is 0. The SMILES string of the molecule is CC=CC(=O)OCCC[Si](C)(OC)OCCC. The van der Waals surface area contributed by atoms with Crippen molar-refractivity contribution in [3.8, 4) is 0 Å². The Balaban J connectivity index is 3.79. The van der Waals surface area contributed by atoms with E-state index in [1.165, 1.54) is 6.08 Å². The Labute approximate surface area is 105 Å². The fourth-order valence-electron chi connectivity index (χ4n) is 1.30. The first kappa shape index (κ1) is 16.3. The summed E-state index contributed by atoms with van der Waals surface area (Å²) in [5.41, 5.74) is 0. The van der Waals surface area contributed by atoms with Gasteiger partial charge in [-0.3, -0.25) is 0 Å². The van der Waals surface area contributed by atoms with E-state index in [-0.39, 0.29) is 5.97 Å². The lowest BCUT2D eigenvalue weighted by molar-refractivity contribution is -0.137. The Bertz CT molecular complexity index is 243. The first-order valence-electron chi connectivity index (χ1n) is 6.06. The van der Waals surface area contributed by atoms with Crippen LogP contribution < -0.4 is 0 Å². The number of allylic oxidation sites excluding steroid dienone is 1. The molecule has 4 nitrogen and oxygen atoms in total. The van der Waals surface area contributed by atoms with Crippen molar-refractivity contribution in [2.45, 2.75) is 39.3 Å². The molecule has 0 bridgehead atoms. The van der Waals surface area contributed by atoms with Gasteiger partial charge in [0.15, 0.2) is 0 Å². The molecule has 0 aliphatic rings. The smallest absolute Gasteiger partial charge is 0.334 e. The minimum absolute atomic E-state index is 0.289. The Morgan fingerprint density at radius 2 is 2.06 bits per heavy atom. The highest BCUT2D eigenvalue weighted by Crippen LogP contribution is 2.15. The fraction of sp³-hybridized carbons (Fsp3) is 0.750. The van der Waals surface area contributed by atoms with Gasteiger partial charge in [0, 0.05) is 19.8 Å². The number of hydrogen-bond acceptors (Lipinski definition) is 4. The van der Waals surface area contributed by atoms with Crippen molar-refractivity contribution < 1.29 is 18.4 Å². The van der Waals surface area contributed by atoms with Gasteiger partial charge in [-0.15, -0.1) is 0 Å². The predicted molar refractivity (Wildman–Crippen MR) is 70.1 cm³/mol. The maximum atomic E-state index is 11.0. The van der Waals surface area contributed by atoms with E-state index >= 15 is 0 Å². The van der Waals surface area contributed by atoms with E-state index < -0.39 is 8.56 Å². The van der Waals surface area contributed by atoms with E-state index in [0.29, 0.717) is 6.61 Å². The maximum Gasteiger partial charge on any atom is 0.334 e. The number of ether oxygens (including phenoxy) is 1. The molecule has 5 heteroatoms.